The molecule has 0 radical (unpaired) electrons. The number of hydrogen-bond acceptors (Lipinski definition) is 6. The summed E-state index contributed by atoms with van der Waals surface area (Å²) in [5, 5.41) is 3.03. The molecule has 3 amide bonds. The molecule has 182 valence electrons. The highest BCUT2D eigenvalue weighted by Crippen LogP contribution is 2.31. The molecule has 0 saturated carbocycles. The predicted octanol–water partition coefficient (Wildman–Crippen LogP) is 3.13. The van der Waals surface area contributed by atoms with Crippen LogP contribution in [0.5, 0.6) is 0 Å². The molecule has 0 unspecified atom stereocenters. The van der Waals surface area contributed by atoms with E-state index >= 15 is 0 Å². The summed E-state index contributed by atoms with van der Waals surface area (Å²) >= 11 is 8.77. The Kier molecular flexibility index (Phi) is 6.97. The molecule has 1 N–H and O–H groups in total. The van der Waals surface area contributed by atoms with Crippen LogP contribution in [0.25, 0.3) is 0 Å². The Hall–Kier alpha value is -1.94. The third-order valence-corrected chi connectivity index (χ3v) is 9.44. The van der Waals surface area contributed by atoms with Crippen LogP contribution in [0, 0.1) is 0 Å². The fourth-order valence-electron chi connectivity index (χ4n) is 5.09. The quantitative estimate of drug-likeness (QED) is 0.672. The third kappa shape index (κ3) is 4.89. The standard InChI is InChI=1S/C24H29ClN4O3S2/c1-27-10-6-15-12-20(33-18(15)7-11-27)24(32)29-14-16(26-22(30)19-4-5-21(25)34-19)13-17(29)23(31)28-8-2-3-9-28/h4-5,12,16-17H,2-3,6-11,13-14H2,1H3,(H,26,30)/t16-,17+/m1/s1. The lowest BCUT2D eigenvalue weighted by Gasteiger charge is -2.27. The van der Waals surface area contributed by atoms with E-state index in [0.717, 1.165) is 51.9 Å². The molecule has 3 aliphatic heterocycles. The lowest BCUT2D eigenvalue weighted by molar-refractivity contribution is -0.134. The van der Waals surface area contributed by atoms with Crippen LogP contribution in [0.2, 0.25) is 4.34 Å². The second-order valence-corrected chi connectivity index (χ2v) is 12.2. The molecule has 0 bridgehead atoms. The predicted molar refractivity (Wildman–Crippen MR) is 135 cm³/mol. The van der Waals surface area contributed by atoms with Gasteiger partial charge in [0.2, 0.25) is 5.91 Å². The average molecular weight is 521 g/mol. The molecule has 10 heteroatoms. The zero-order valence-electron chi connectivity index (χ0n) is 19.2. The SMILES string of the molecule is CN1CCc2cc(C(=O)N3C[C@H](NC(=O)c4ccc(Cl)s4)C[C@H]3C(=O)N3CCCC3)sc2CC1. The van der Waals surface area contributed by atoms with E-state index < -0.39 is 6.04 Å². The number of hydrogen-bond donors (Lipinski definition) is 1. The molecule has 5 heterocycles. The number of halogens is 1. The van der Waals surface area contributed by atoms with Crippen LogP contribution in [0.15, 0.2) is 18.2 Å². The van der Waals surface area contributed by atoms with E-state index in [1.807, 2.05) is 11.0 Å². The third-order valence-electron chi connectivity index (χ3n) is 6.99. The van der Waals surface area contributed by atoms with Crippen LogP contribution in [0.1, 0.15) is 49.0 Å². The molecule has 0 aromatic carbocycles. The van der Waals surface area contributed by atoms with E-state index in [-0.39, 0.29) is 23.8 Å². The lowest BCUT2D eigenvalue weighted by atomic mass is 10.1. The molecule has 3 aliphatic rings. The first-order chi connectivity index (χ1) is 16.4. The minimum absolute atomic E-state index is 0.00140. The smallest absolute Gasteiger partial charge is 0.264 e. The van der Waals surface area contributed by atoms with E-state index in [4.69, 9.17) is 11.6 Å². The van der Waals surface area contributed by atoms with Crippen molar-refractivity contribution in [3.8, 4) is 0 Å². The van der Waals surface area contributed by atoms with Crippen LogP contribution >= 0.6 is 34.3 Å². The van der Waals surface area contributed by atoms with Crippen molar-refractivity contribution in [3.63, 3.8) is 0 Å². The van der Waals surface area contributed by atoms with Gasteiger partial charge in [0.1, 0.15) is 6.04 Å². The Balaban J connectivity index is 1.35. The molecule has 2 aromatic rings. The first kappa shape index (κ1) is 23.8. The Morgan fingerprint density at radius 3 is 2.53 bits per heavy atom. The van der Waals surface area contributed by atoms with Crippen molar-refractivity contribution in [2.45, 2.75) is 44.2 Å². The maximum absolute atomic E-state index is 13.7. The fourth-order valence-corrected chi connectivity index (χ4v) is 7.20. The minimum atomic E-state index is -0.545. The monoisotopic (exact) mass is 520 g/mol. The van der Waals surface area contributed by atoms with E-state index in [2.05, 4.69) is 17.3 Å². The number of carbonyl (C=O) groups excluding carboxylic acids is 3. The summed E-state index contributed by atoms with van der Waals surface area (Å²) in [6.45, 7) is 3.78. The van der Waals surface area contributed by atoms with Crippen molar-refractivity contribution in [2.75, 3.05) is 39.8 Å². The zero-order chi connectivity index (χ0) is 23.8. The van der Waals surface area contributed by atoms with Gasteiger partial charge in [-0.25, -0.2) is 0 Å². The van der Waals surface area contributed by atoms with Gasteiger partial charge in [-0.05, 0) is 62.9 Å². The van der Waals surface area contributed by atoms with E-state index in [1.165, 1.54) is 21.8 Å². The molecule has 0 spiro atoms. The van der Waals surface area contributed by atoms with Gasteiger partial charge in [0.05, 0.1) is 14.1 Å². The highest BCUT2D eigenvalue weighted by atomic mass is 35.5. The van der Waals surface area contributed by atoms with Crippen LogP contribution in [0.3, 0.4) is 0 Å². The number of fused-ring (bicyclic) bond motifs is 1. The summed E-state index contributed by atoms with van der Waals surface area (Å²) in [4.78, 5) is 48.2. The van der Waals surface area contributed by atoms with Crippen molar-refractivity contribution < 1.29 is 14.4 Å². The van der Waals surface area contributed by atoms with Gasteiger partial charge in [0, 0.05) is 43.6 Å². The number of nitrogens with zero attached hydrogens (tertiary/aromatic N) is 3. The number of likely N-dealkylation sites (tertiary alicyclic amines) is 2. The maximum atomic E-state index is 13.7. The van der Waals surface area contributed by atoms with Crippen LogP contribution in [0.4, 0.5) is 0 Å². The van der Waals surface area contributed by atoms with Crippen molar-refractivity contribution >= 4 is 52.0 Å². The largest absolute Gasteiger partial charge is 0.347 e. The molecule has 2 aromatic heterocycles. The van der Waals surface area contributed by atoms with Gasteiger partial charge in [-0.2, -0.15) is 0 Å². The Bertz CT molecular complexity index is 1070. The normalized spacial score (nSPS) is 23.1. The number of thiophene rings is 2. The molecule has 2 saturated heterocycles. The molecular formula is C24H29ClN4O3S2. The van der Waals surface area contributed by atoms with Gasteiger partial charge in [-0.1, -0.05) is 11.6 Å². The van der Waals surface area contributed by atoms with Gasteiger partial charge < -0.3 is 20.0 Å². The van der Waals surface area contributed by atoms with Crippen LogP contribution < -0.4 is 5.32 Å². The Labute approximate surface area is 212 Å². The number of likely N-dealkylation sites (N-methyl/N-ethyl adjacent to an activating group) is 1. The molecule has 2 atom stereocenters. The van der Waals surface area contributed by atoms with Gasteiger partial charge >= 0.3 is 0 Å². The highest BCUT2D eigenvalue weighted by molar-refractivity contribution is 7.18. The van der Waals surface area contributed by atoms with Gasteiger partial charge in [0.25, 0.3) is 11.8 Å². The van der Waals surface area contributed by atoms with Crippen LogP contribution in [-0.2, 0) is 17.6 Å². The summed E-state index contributed by atoms with van der Waals surface area (Å²) in [5.74, 6) is -0.308. The zero-order valence-corrected chi connectivity index (χ0v) is 21.6. The van der Waals surface area contributed by atoms with Crippen molar-refractivity contribution in [1.29, 1.82) is 0 Å². The van der Waals surface area contributed by atoms with E-state index in [9.17, 15) is 14.4 Å². The number of carbonyl (C=O) groups is 3. The molecule has 7 nitrogen and oxygen atoms in total. The summed E-state index contributed by atoms with van der Waals surface area (Å²) in [6.07, 6.45) is 4.31. The number of rotatable bonds is 4. The summed E-state index contributed by atoms with van der Waals surface area (Å²) in [6, 6.07) is 4.60. The molecule has 34 heavy (non-hydrogen) atoms. The first-order valence-corrected chi connectivity index (χ1v) is 13.9. The first-order valence-electron chi connectivity index (χ1n) is 11.8. The Morgan fingerprint density at radius 2 is 1.79 bits per heavy atom. The maximum Gasteiger partial charge on any atom is 0.264 e. The van der Waals surface area contributed by atoms with Gasteiger partial charge in [-0.3, -0.25) is 14.4 Å². The van der Waals surface area contributed by atoms with Crippen molar-refractivity contribution in [3.05, 3.63) is 42.7 Å². The lowest BCUT2D eigenvalue weighted by Crippen LogP contribution is -2.46. The van der Waals surface area contributed by atoms with Crippen molar-refractivity contribution in [2.24, 2.45) is 0 Å². The van der Waals surface area contributed by atoms with Crippen molar-refractivity contribution in [1.82, 2.24) is 20.0 Å². The highest BCUT2D eigenvalue weighted by Gasteiger charge is 2.43. The summed E-state index contributed by atoms with van der Waals surface area (Å²) in [5.41, 5.74) is 1.25. The van der Waals surface area contributed by atoms with E-state index in [0.29, 0.717) is 27.1 Å². The van der Waals surface area contributed by atoms with Crippen LogP contribution in [-0.4, -0.2) is 84.3 Å². The van der Waals surface area contributed by atoms with E-state index in [1.54, 1.807) is 28.4 Å². The summed E-state index contributed by atoms with van der Waals surface area (Å²) in [7, 11) is 2.12. The molecular weight excluding hydrogens is 492 g/mol. The van der Waals surface area contributed by atoms with Gasteiger partial charge in [-0.15, -0.1) is 22.7 Å². The number of nitrogens with one attached hydrogen (secondary N) is 1. The van der Waals surface area contributed by atoms with Gasteiger partial charge in [0.15, 0.2) is 0 Å². The fraction of sp³-hybridized carbons (Fsp3) is 0.542. The second-order valence-electron chi connectivity index (χ2n) is 9.38. The average Bonchev–Trinajstić information content (AvgIpc) is 3.61. The Morgan fingerprint density at radius 1 is 1.03 bits per heavy atom. The summed E-state index contributed by atoms with van der Waals surface area (Å²) < 4.78 is 0.555. The molecule has 0 aliphatic carbocycles. The number of amides is 3. The minimum Gasteiger partial charge on any atom is -0.347 e. The second kappa shape index (κ2) is 9.97. The molecule has 5 rings (SSSR count). The topological polar surface area (TPSA) is 73.0 Å². The molecule has 2 fully saturated rings.